The van der Waals surface area contributed by atoms with Crippen molar-refractivity contribution in [2.45, 2.75) is 101 Å². The average Bonchev–Trinajstić information content (AvgIpc) is 3.95. The van der Waals surface area contributed by atoms with E-state index in [-0.39, 0.29) is 35.5 Å². The Labute approximate surface area is 321 Å². The second-order valence-electron chi connectivity index (χ2n) is 16.0. The maximum Gasteiger partial charge on any atom is 0.425 e. The van der Waals surface area contributed by atoms with E-state index < -0.39 is 44.5 Å². The van der Waals surface area contributed by atoms with Crippen LogP contribution in [0.3, 0.4) is 0 Å². The smallest absolute Gasteiger partial charge is 0.425 e. The normalized spacial score (nSPS) is 16.9. The molecule has 0 spiro atoms. The molecular weight excluding hydrogens is 723 g/mol. The maximum absolute atomic E-state index is 14.5. The molecule has 1 aliphatic heterocycles. The standard InChI is InChI=1S/C41H47N5O8S/c1-40(2,3)53-38(49)46(39(50)54-41(4,5)6)36-32-16-12-30(22-26(32)19-20-42-36)44-35-27-10-8-9-25(21-27)11-18-34(47)43-29-13-17-33(55(51,52)31-14-15-31)28(23-29)24-45(7)37(35)48/h8-10,12-13,16-17,19-23,31,35,44H,11,14-15,18,24H2,1-7H3,(H,43,47). The molecule has 55 heavy (non-hydrogen) atoms. The van der Waals surface area contributed by atoms with Crippen LogP contribution in [0, 0.1) is 0 Å². The quantitative estimate of drug-likeness (QED) is 0.207. The fourth-order valence-electron chi connectivity index (χ4n) is 6.33. The van der Waals surface area contributed by atoms with E-state index in [1.807, 2.05) is 24.3 Å². The highest BCUT2D eigenvalue weighted by Crippen LogP contribution is 2.37. The fourth-order valence-corrected chi connectivity index (χ4v) is 8.19. The van der Waals surface area contributed by atoms with Gasteiger partial charge >= 0.3 is 12.2 Å². The zero-order chi connectivity index (χ0) is 39.9. The molecule has 4 amide bonds. The number of aromatic nitrogens is 1. The molecular formula is C41H47N5O8S. The number of nitrogens with one attached hydrogen (secondary N) is 2. The molecule has 13 nitrogen and oxygen atoms in total. The lowest BCUT2D eigenvalue weighted by Gasteiger charge is -2.29. The van der Waals surface area contributed by atoms with Crippen molar-refractivity contribution in [3.05, 3.63) is 89.6 Å². The van der Waals surface area contributed by atoms with Crippen LogP contribution in [0.25, 0.3) is 10.8 Å². The number of anilines is 3. The highest BCUT2D eigenvalue weighted by molar-refractivity contribution is 7.92. The van der Waals surface area contributed by atoms with Gasteiger partial charge in [-0.1, -0.05) is 24.3 Å². The van der Waals surface area contributed by atoms with Gasteiger partial charge in [0.2, 0.25) is 11.8 Å². The Kier molecular flexibility index (Phi) is 10.7. The molecule has 6 rings (SSSR count). The van der Waals surface area contributed by atoms with Crippen molar-refractivity contribution in [3.8, 4) is 0 Å². The number of nitrogens with zero attached hydrogens (tertiary/aromatic N) is 3. The maximum atomic E-state index is 14.5. The highest BCUT2D eigenvalue weighted by atomic mass is 32.2. The number of rotatable bonds is 5. The van der Waals surface area contributed by atoms with Crippen LogP contribution in [0.4, 0.5) is 26.8 Å². The Morgan fingerprint density at radius 2 is 1.58 bits per heavy atom. The number of pyridine rings is 1. The molecule has 4 aromatic rings. The lowest BCUT2D eigenvalue weighted by molar-refractivity contribution is -0.131. The first-order valence-electron chi connectivity index (χ1n) is 18.2. The molecule has 1 saturated carbocycles. The lowest BCUT2D eigenvalue weighted by atomic mass is 9.99. The van der Waals surface area contributed by atoms with Gasteiger partial charge in [0, 0.05) is 43.0 Å². The number of aryl methyl sites for hydroxylation is 1. The Hall–Kier alpha value is -5.50. The van der Waals surface area contributed by atoms with Crippen molar-refractivity contribution in [2.24, 2.45) is 0 Å². The Morgan fingerprint density at radius 1 is 0.891 bits per heavy atom. The molecule has 1 aromatic heterocycles. The van der Waals surface area contributed by atoms with Crippen molar-refractivity contribution in [3.63, 3.8) is 0 Å². The second kappa shape index (κ2) is 15.0. The van der Waals surface area contributed by atoms with Gasteiger partial charge in [0.05, 0.1) is 10.1 Å². The van der Waals surface area contributed by atoms with E-state index in [0.717, 1.165) is 10.5 Å². The number of ether oxygens (including phenoxy) is 2. The minimum absolute atomic E-state index is 0.0114. The Balaban J connectivity index is 1.38. The number of carbonyl (C=O) groups is 4. The highest BCUT2D eigenvalue weighted by Gasteiger charge is 2.39. The molecule has 1 aliphatic carbocycles. The predicted molar refractivity (Wildman–Crippen MR) is 210 cm³/mol. The first-order valence-corrected chi connectivity index (χ1v) is 19.8. The molecule has 1 atom stereocenters. The number of imide groups is 1. The summed E-state index contributed by atoms with van der Waals surface area (Å²) >= 11 is 0. The van der Waals surface area contributed by atoms with Crippen LogP contribution >= 0.6 is 0 Å². The topological polar surface area (TPSA) is 164 Å². The molecule has 3 aromatic carbocycles. The molecule has 1 unspecified atom stereocenters. The fraction of sp³-hybridized carbons (Fsp3) is 0.390. The number of carbonyl (C=O) groups excluding carboxylic acids is 4. The van der Waals surface area contributed by atoms with Gasteiger partial charge in [-0.3, -0.25) is 9.59 Å². The molecule has 0 radical (unpaired) electrons. The molecule has 0 saturated heterocycles. The Bertz CT molecular complexity index is 2250. The van der Waals surface area contributed by atoms with Gasteiger partial charge in [-0.2, -0.15) is 4.90 Å². The third kappa shape index (κ3) is 9.25. The zero-order valence-electron chi connectivity index (χ0n) is 32.1. The summed E-state index contributed by atoms with van der Waals surface area (Å²) in [5, 5.41) is 6.85. The monoisotopic (exact) mass is 769 g/mol. The number of hydrogen-bond donors (Lipinski definition) is 2. The zero-order valence-corrected chi connectivity index (χ0v) is 33.0. The summed E-state index contributed by atoms with van der Waals surface area (Å²) in [5.41, 5.74) is 1.09. The Morgan fingerprint density at radius 3 is 2.24 bits per heavy atom. The predicted octanol–water partition coefficient (Wildman–Crippen LogP) is 7.54. The van der Waals surface area contributed by atoms with Crippen molar-refractivity contribution in [1.82, 2.24) is 9.88 Å². The van der Waals surface area contributed by atoms with E-state index >= 15 is 0 Å². The molecule has 2 aliphatic rings. The van der Waals surface area contributed by atoms with Gasteiger partial charge in [-0.25, -0.2) is 23.0 Å². The van der Waals surface area contributed by atoms with Gasteiger partial charge in [-0.15, -0.1) is 0 Å². The van der Waals surface area contributed by atoms with E-state index in [1.54, 1.807) is 85.0 Å². The van der Waals surface area contributed by atoms with Crippen LogP contribution in [-0.2, 0) is 41.9 Å². The summed E-state index contributed by atoms with van der Waals surface area (Å²) < 4.78 is 38.1. The van der Waals surface area contributed by atoms with Crippen LogP contribution in [0.15, 0.2) is 77.8 Å². The molecule has 14 heteroatoms. The number of fused-ring (bicyclic) bond motifs is 5. The van der Waals surface area contributed by atoms with E-state index in [2.05, 4.69) is 15.6 Å². The van der Waals surface area contributed by atoms with Crippen LogP contribution in [-0.4, -0.2) is 65.8 Å². The first-order chi connectivity index (χ1) is 25.8. The summed E-state index contributed by atoms with van der Waals surface area (Å²) in [6.45, 7) is 10.1. The van der Waals surface area contributed by atoms with Crippen LogP contribution in [0.5, 0.6) is 0 Å². The van der Waals surface area contributed by atoms with Gasteiger partial charge in [0.15, 0.2) is 15.7 Å². The number of likely N-dealkylation sites (N-methyl/N-ethyl adjacent to an activating group) is 1. The van der Waals surface area contributed by atoms with E-state index in [0.29, 0.717) is 52.5 Å². The summed E-state index contributed by atoms with van der Waals surface area (Å²) in [4.78, 5) is 61.2. The molecule has 2 N–H and O–H groups in total. The van der Waals surface area contributed by atoms with Crippen LogP contribution in [0.2, 0.25) is 0 Å². The van der Waals surface area contributed by atoms with Crippen LogP contribution in [0.1, 0.15) is 83.5 Å². The minimum Gasteiger partial charge on any atom is -0.443 e. The van der Waals surface area contributed by atoms with Gasteiger partial charge in [0.1, 0.15) is 17.2 Å². The molecule has 290 valence electrons. The lowest BCUT2D eigenvalue weighted by Crippen LogP contribution is -2.44. The number of benzene rings is 3. The minimum atomic E-state index is -3.62. The molecule has 2 heterocycles. The third-order valence-electron chi connectivity index (χ3n) is 8.99. The molecule has 4 bridgehead atoms. The summed E-state index contributed by atoms with van der Waals surface area (Å²) in [6.07, 6.45) is 1.32. The van der Waals surface area contributed by atoms with Crippen molar-refractivity contribution >= 4 is 61.8 Å². The number of amides is 4. The SMILES string of the molecule is CN1Cc2cc(ccc2S(=O)(=O)C2CC2)NC(=O)CCc2cccc(c2)C(Nc2ccc3c(N(C(=O)OC(C)(C)C)C(=O)OC(C)(C)C)nccc3c2)C1=O. The average molecular weight is 770 g/mol. The summed E-state index contributed by atoms with van der Waals surface area (Å²) in [5.74, 6) is -0.528. The largest absolute Gasteiger partial charge is 0.443 e. The van der Waals surface area contributed by atoms with E-state index in [9.17, 15) is 27.6 Å². The van der Waals surface area contributed by atoms with E-state index in [1.165, 1.54) is 17.2 Å². The van der Waals surface area contributed by atoms with Gasteiger partial charge in [0.25, 0.3) is 0 Å². The number of hydrogen-bond acceptors (Lipinski definition) is 10. The summed E-state index contributed by atoms with van der Waals surface area (Å²) in [6, 6.07) is 18.2. The summed E-state index contributed by atoms with van der Waals surface area (Å²) in [7, 11) is -2.01. The second-order valence-corrected chi connectivity index (χ2v) is 18.2. The first kappa shape index (κ1) is 39.2. The van der Waals surface area contributed by atoms with E-state index in [4.69, 9.17) is 9.47 Å². The molecule has 1 fully saturated rings. The van der Waals surface area contributed by atoms with Crippen molar-refractivity contribution < 1.29 is 37.1 Å². The van der Waals surface area contributed by atoms with Crippen molar-refractivity contribution in [2.75, 3.05) is 22.6 Å². The van der Waals surface area contributed by atoms with Gasteiger partial charge < -0.3 is 25.0 Å². The van der Waals surface area contributed by atoms with Gasteiger partial charge in [-0.05, 0) is 125 Å². The van der Waals surface area contributed by atoms with Crippen LogP contribution < -0.4 is 15.5 Å². The number of sulfone groups is 1. The third-order valence-corrected chi connectivity index (χ3v) is 11.3. The van der Waals surface area contributed by atoms with Crippen molar-refractivity contribution in [1.29, 1.82) is 0 Å².